The number of carbonyl (C=O) groups is 2. The summed E-state index contributed by atoms with van der Waals surface area (Å²) in [7, 11) is 0.131. The second kappa shape index (κ2) is 8.22. The summed E-state index contributed by atoms with van der Waals surface area (Å²) in [6, 6.07) is 8.87. The van der Waals surface area contributed by atoms with E-state index in [9.17, 15) is 9.59 Å². The van der Waals surface area contributed by atoms with Crippen molar-refractivity contribution in [1.82, 2.24) is 0 Å². The van der Waals surface area contributed by atoms with E-state index in [1.165, 1.54) is 14.2 Å². The number of hydrogen-bond acceptors (Lipinski definition) is 4. The zero-order valence-electron chi connectivity index (χ0n) is 13.2. The molecule has 1 atom stereocenters. The molecule has 1 aromatic carbocycles. The van der Waals surface area contributed by atoms with E-state index >= 15 is 0 Å². The van der Waals surface area contributed by atoms with E-state index < -0.39 is 14.1 Å². The van der Waals surface area contributed by atoms with E-state index in [-0.39, 0.29) is 11.6 Å². The smallest absolute Gasteiger partial charge is 0.353 e. The molecule has 0 saturated heterocycles. The van der Waals surface area contributed by atoms with Gasteiger partial charge in [0, 0.05) is 26.2 Å². The molecule has 1 unspecified atom stereocenters. The summed E-state index contributed by atoms with van der Waals surface area (Å²) in [5.74, 6) is -0.280. The van der Waals surface area contributed by atoms with Crippen LogP contribution in [0.5, 0.6) is 0 Å². The number of unbranched alkanes of at least 4 members (excludes halogenated alkanes) is 1. The van der Waals surface area contributed by atoms with Gasteiger partial charge in [-0.25, -0.2) is 0 Å². The van der Waals surface area contributed by atoms with Gasteiger partial charge in [-0.1, -0.05) is 43.7 Å². The van der Waals surface area contributed by atoms with E-state index in [2.05, 4.69) is 0 Å². The average Bonchev–Trinajstić information content (AvgIpc) is 2.53. The molecule has 0 aliphatic rings. The first-order chi connectivity index (χ1) is 10.00. The van der Waals surface area contributed by atoms with Gasteiger partial charge >= 0.3 is 8.56 Å². The van der Waals surface area contributed by atoms with E-state index in [0.717, 1.165) is 12.8 Å². The highest BCUT2D eigenvalue weighted by molar-refractivity contribution is 6.76. The van der Waals surface area contributed by atoms with Crippen LogP contribution in [0.1, 0.15) is 36.5 Å². The molecule has 0 aliphatic heterocycles. The van der Waals surface area contributed by atoms with Crippen LogP contribution in [-0.4, -0.2) is 34.3 Å². The lowest BCUT2D eigenvalue weighted by atomic mass is 10.0. The van der Waals surface area contributed by atoms with Crippen LogP contribution in [0.2, 0.25) is 12.1 Å². The van der Waals surface area contributed by atoms with Gasteiger partial charge < -0.3 is 8.85 Å². The molecule has 0 bridgehead atoms. The Morgan fingerprint density at radius 2 is 1.71 bits per heavy atom. The minimum atomic E-state index is -2.88. The lowest BCUT2D eigenvalue weighted by molar-refractivity contribution is -0.118. The number of carbonyl (C=O) groups excluding carboxylic acids is 2. The Kier molecular flexibility index (Phi) is 6.94. The molecule has 0 radical (unpaired) electrons. The summed E-state index contributed by atoms with van der Waals surface area (Å²) >= 11 is 0. The van der Waals surface area contributed by atoms with Gasteiger partial charge in [0.05, 0.1) is 0 Å². The van der Waals surface area contributed by atoms with Crippen molar-refractivity contribution in [2.45, 2.75) is 38.3 Å². The van der Waals surface area contributed by atoms with E-state index in [1.54, 1.807) is 30.8 Å². The van der Waals surface area contributed by atoms with Crippen LogP contribution in [-0.2, 0) is 13.6 Å². The highest BCUT2D eigenvalue weighted by Crippen LogP contribution is 2.30. The van der Waals surface area contributed by atoms with Crippen molar-refractivity contribution in [2.75, 3.05) is 14.2 Å². The predicted octanol–water partition coefficient (Wildman–Crippen LogP) is 3.36. The molecule has 4 nitrogen and oxygen atoms in total. The molecule has 0 spiro atoms. The van der Waals surface area contributed by atoms with Gasteiger partial charge in [-0.15, -0.1) is 0 Å². The summed E-state index contributed by atoms with van der Waals surface area (Å²) in [6.45, 7) is 3.78. The van der Waals surface area contributed by atoms with Crippen LogP contribution in [0.25, 0.3) is 0 Å². The third kappa shape index (κ3) is 4.33. The van der Waals surface area contributed by atoms with Gasteiger partial charge in [0.1, 0.15) is 11.3 Å². The first-order valence-corrected chi connectivity index (χ1v) is 9.61. The van der Waals surface area contributed by atoms with Crippen LogP contribution < -0.4 is 0 Å². The van der Waals surface area contributed by atoms with Gasteiger partial charge in [0.2, 0.25) is 0 Å². The topological polar surface area (TPSA) is 52.6 Å². The Labute approximate surface area is 127 Å². The monoisotopic (exact) mass is 308 g/mol. The Hall–Kier alpha value is -1.30. The number of ketones is 2. The Morgan fingerprint density at radius 3 is 2.19 bits per heavy atom. The third-order valence-electron chi connectivity index (χ3n) is 3.75. The molecule has 5 heteroatoms. The van der Waals surface area contributed by atoms with Crippen molar-refractivity contribution < 1.29 is 18.4 Å². The van der Waals surface area contributed by atoms with Crippen LogP contribution in [0.3, 0.4) is 0 Å². The van der Waals surface area contributed by atoms with Crippen molar-refractivity contribution >= 4 is 20.1 Å². The first-order valence-electron chi connectivity index (χ1n) is 7.22. The Bertz CT molecular complexity index is 468. The lowest BCUT2D eigenvalue weighted by Gasteiger charge is -2.30. The molecule has 0 heterocycles. The zero-order chi connectivity index (χ0) is 15.9. The van der Waals surface area contributed by atoms with Crippen molar-refractivity contribution in [1.29, 1.82) is 0 Å². The lowest BCUT2D eigenvalue weighted by Crippen LogP contribution is -2.48. The molecule has 1 rings (SSSR count). The normalized spacial score (nSPS) is 13.0. The van der Waals surface area contributed by atoms with Gasteiger partial charge in [-0.05, 0) is 13.0 Å². The minimum absolute atomic E-state index is 0.0800. The second-order valence-corrected chi connectivity index (χ2v) is 8.58. The molecule has 0 saturated carbocycles. The SMILES string of the molecule is CCCCC(=O)C(C(=O)c1ccccc1)[Si](C)(OC)OC. The van der Waals surface area contributed by atoms with Gasteiger partial charge in [0.25, 0.3) is 0 Å². The summed E-state index contributed by atoms with van der Waals surface area (Å²) in [5, 5.41) is 0. The number of benzene rings is 1. The molecule has 0 N–H and O–H groups in total. The molecule has 0 amide bonds. The average molecular weight is 308 g/mol. The molecule has 0 aliphatic carbocycles. The fourth-order valence-electron chi connectivity index (χ4n) is 2.26. The van der Waals surface area contributed by atoms with Crippen molar-refractivity contribution in [3.8, 4) is 0 Å². The molecule has 116 valence electrons. The van der Waals surface area contributed by atoms with Crippen LogP contribution in [0, 0.1) is 0 Å². The Morgan fingerprint density at radius 1 is 1.14 bits per heavy atom. The highest BCUT2D eigenvalue weighted by atomic mass is 28.4. The molecule has 0 aromatic heterocycles. The maximum absolute atomic E-state index is 12.8. The summed E-state index contributed by atoms with van der Waals surface area (Å²) in [6.07, 6.45) is 2.07. The third-order valence-corrected chi connectivity index (χ3v) is 7.01. The standard InChI is InChI=1S/C16H24O4Si/c1-5-6-12-14(17)16(21(4,19-2)20-3)15(18)13-10-8-7-9-11-13/h7-11,16H,5-6,12H2,1-4H3. The van der Waals surface area contributed by atoms with Crippen molar-refractivity contribution in [3.05, 3.63) is 35.9 Å². The molecular formula is C16H24O4Si. The van der Waals surface area contributed by atoms with E-state index in [4.69, 9.17) is 8.85 Å². The quantitative estimate of drug-likeness (QED) is 0.399. The first kappa shape index (κ1) is 17.7. The van der Waals surface area contributed by atoms with Crippen molar-refractivity contribution in [3.63, 3.8) is 0 Å². The fourth-order valence-corrected chi connectivity index (χ4v) is 4.27. The largest absolute Gasteiger partial charge is 0.397 e. The number of rotatable bonds is 9. The summed E-state index contributed by atoms with van der Waals surface area (Å²) in [5.41, 5.74) is -0.290. The predicted molar refractivity (Wildman–Crippen MR) is 84.7 cm³/mol. The van der Waals surface area contributed by atoms with Crippen molar-refractivity contribution in [2.24, 2.45) is 0 Å². The molecule has 21 heavy (non-hydrogen) atoms. The maximum atomic E-state index is 12.8. The minimum Gasteiger partial charge on any atom is -0.397 e. The second-order valence-electron chi connectivity index (χ2n) is 5.16. The fraction of sp³-hybridized carbons (Fsp3) is 0.500. The van der Waals surface area contributed by atoms with Gasteiger partial charge in [-0.3, -0.25) is 9.59 Å². The van der Waals surface area contributed by atoms with Gasteiger partial charge in [-0.2, -0.15) is 0 Å². The van der Waals surface area contributed by atoms with Crippen LogP contribution >= 0.6 is 0 Å². The van der Waals surface area contributed by atoms with Crippen LogP contribution in [0.15, 0.2) is 30.3 Å². The molecule has 0 fully saturated rings. The zero-order valence-corrected chi connectivity index (χ0v) is 14.2. The van der Waals surface area contributed by atoms with Gasteiger partial charge in [0.15, 0.2) is 5.78 Å². The maximum Gasteiger partial charge on any atom is 0.353 e. The number of Topliss-reactive ketones (excluding diaryl/α,β-unsaturated/α-hetero) is 2. The number of hydrogen-bond donors (Lipinski definition) is 0. The summed E-state index contributed by atoms with van der Waals surface area (Å²) < 4.78 is 10.9. The van der Waals surface area contributed by atoms with E-state index in [1.807, 2.05) is 13.0 Å². The molecule has 1 aromatic rings. The highest BCUT2D eigenvalue weighted by Gasteiger charge is 2.48. The van der Waals surface area contributed by atoms with Crippen LogP contribution in [0.4, 0.5) is 0 Å². The van der Waals surface area contributed by atoms with E-state index in [0.29, 0.717) is 12.0 Å². The molecular weight excluding hydrogens is 284 g/mol. The Balaban J connectivity index is 3.13. The summed E-state index contributed by atoms with van der Waals surface area (Å²) in [4.78, 5) is 25.3.